The van der Waals surface area contributed by atoms with Crippen molar-refractivity contribution >= 4 is 5.91 Å². The zero-order valence-electron chi connectivity index (χ0n) is 9.88. The number of rotatable bonds is 5. The molecule has 1 fully saturated rings. The van der Waals surface area contributed by atoms with Gasteiger partial charge in [0.05, 0.1) is 0 Å². The molecule has 1 saturated heterocycles. The van der Waals surface area contributed by atoms with Gasteiger partial charge in [-0.3, -0.25) is 4.79 Å². The highest BCUT2D eigenvalue weighted by atomic mass is 16.2. The quantitative estimate of drug-likeness (QED) is 0.696. The topological polar surface area (TPSA) is 32.3 Å². The zero-order valence-corrected chi connectivity index (χ0v) is 9.88. The predicted octanol–water partition coefficient (Wildman–Crippen LogP) is 1.41. The minimum Gasteiger partial charge on any atom is -0.338 e. The van der Waals surface area contributed by atoms with Crippen molar-refractivity contribution in [1.29, 1.82) is 0 Å². The third kappa shape index (κ3) is 3.67. The van der Waals surface area contributed by atoms with E-state index >= 15 is 0 Å². The van der Waals surface area contributed by atoms with E-state index in [-0.39, 0.29) is 5.92 Å². The van der Waals surface area contributed by atoms with E-state index in [2.05, 4.69) is 18.8 Å². The fourth-order valence-corrected chi connectivity index (χ4v) is 1.92. The van der Waals surface area contributed by atoms with Crippen molar-refractivity contribution in [3.63, 3.8) is 0 Å². The number of hydrogen-bond acceptors (Lipinski definition) is 2. The second kappa shape index (κ2) is 5.91. The van der Waals surface area contributed by atoms with Crippen molar-refractivity contribution < 1.29 is 4.79 Å². The summed E-state index contributed by atoms with van der Waals surface area (Å²) in [6.45, 7) is 11.5. The summed E-state index contributed by atoms with van der Waals surface area (Å²) in [6.07, 6.45) is 2.16. The monoisotopic (exact) mass is 210 g/mol. The Morgan fingerprint density at radius 2 is 2.40 bits per heavy atom. The molecule has 1 aliphatic rings. The van der Waals surface area contributed by atoms with E-state index in [1.807, 2.05) is 11.8 Å². The summed E-state index contributed by atoms with van der Waals surface area (Å²) in [4.78, 5) is 13.7. The van der Waals surface area contributed by atoms with Crippen LogP contribution in [0.3, 0.4) is 0 Å². The Morgan fingerprint density at radius 1 is 1.67 bits per heavy atom. The van der Waals surface area contributed by atoms with E-state index in [1.54, 1.807) is 0 Å². The molecule has 1 heterocycles. The summed E-state index contributed by atoms with van der Waals surface area (Å²) in [5.41, 5.74) is 1.10. The van der Waals surface area contributed by atoms with E-state index in [0.717, 1.165) is 44.6 Å². The molecular formula is C12H22N2O. The van der Waals surface area contributed by atoms with Crippen molar-refractivity contribution in [3.05, 3.63) is 12.2 Å². The Labute approximate surface area is 92.5 Å². The van der Waals surface area contributed by atoms with Gasteiger partial charge in [0.15, 0.2) is 0 Å². The number of carbonyl (C=O) groups is 1. The first-order valence-electron chi connectivity index (χ1n) is 5.81. The number of nitrogens with zero attached hydrogens (tertiary/aromatic N) is 1. The second-order valence-corrected chi connectivity index (χ2v) is 4.33. The van der Waals surface area contributed by atoms with Gasteiger partial charge in [0.1, 0.15) is 0 Å². The van der Waals surface area contributed by atoms with Gasteiger partial charge in [-0.2, -0.15) is 0 Å². The fourth-order valence-electron chi connectivity index (χ4n) is 1.92. The number of nitrogens with one attached hydrogen (secondary N) is 1. The highest BCUT2D eigenvalue weighted by Crippen LogP contribution is 2.17. The molecule has 3 heteroatoms. The molecule has 0 aromatic heterocycles. The SMILES string of the molecule is C=C(CNCC)CN1CCCC(C)C1=O. The number of hydrogen-bond donors (Lipinski definition) is 1. The van der Waals surface area contributed by atoms with Gasteiger partial charge in [-0.15, -0.1) is 0 Å². The maximum absolute atomic E-state index is 11.8. The fraction of sp³-hybridized carbons (Fsp3) is 0.750. The standard InChI is InChI=1S/C12H22N2O/c1-4-13-8-10(2)9-14-7-5-6-11(3)12(14)15/h11,13H,2,4-9H2,1,3H3. The lowest BCUT2D eigenvalue weighted by molar-refractivity contribution is -0.137. The van der Waals surface area contributed by atoms with Crippen LogP contribution in [0.2, 0.25) is 0 Å². The van der Waals surface area contributed by atoms with Crippen LogP contribution in [-0.4, -0.2) is 37.0 Å². The van der Waals surface area contributed by atoms with Crippen LogP contribution in [0.1, 0.15) is 26.7 Å². The predicted molar refractivity (Wildman–Crippen MR) is 62.7 cm³/mol. The van der Waals surface area contributed by atoms with Crippen LogP contribution in [0, 0.1) is 5.92 Å². The Balaban J connectivity index is 2.36. The molecule has 0 aliphatic carbocycles. The van der Waals surface area contributed by atoms with Gasteiger partial charge in [0.2, 0.25) is 5.91 Å². The van der Waals surface area contributed by atoms with Crippen LogP contribution in [0.15, 0.2) is 12.2 Å². The van der Waals surface area contributed by atoms with Crippen LogP contribution in [0.5, 0.6) is 0 Å². The van der Waals surface area contributed by atoms with Crippen LogP contribution in [0.25, 0.3) is 0 Å². The number of likely N-dealkylation sites (tertiary alicyclic amines) is 1. The highest BCUT2D eigenvalue weighted by molar-refractivity contribution is 5.79. The van der Waals surface area contributed by atoms with E-state index in [1.165, 1.54) is 0 Å². The Morgan fingerprint density at radius 3 is 3.07 bits per heavy atom. The molecule has 1 rings (SSSR count). The third-order valence-electron chi connectivity index (χ3n) is 2.84. The van der Waals surface area contributed by atoms with Crippen molar-refractivity contribution in [2.75, 3.05) is 26.2 Å². The zero-order chi connectivity index (χ0) is 11.3. The Hall–Kier alpha value is -0.830. The maximum atomic E-state index is 11.8. The molecule has 0 aromatic carbocycles. The third-order valence-corrected chi connectivity index (χ3v) is 2.84. The Kier molecular flexibility index (Phi) is 4.82. The average Bonchev–Trinajstić information content (AvgIpc) is 2.22. The summed E-state index contributed by atoms with van der Waals surface area (Å²) in [5.74, 6) is 0.490. The smallest absolute Gasteiger partial charge is 0.225 e. The average molecular weight is 210 g/mol. The lowest BCUT2D eigenvalue weighted by atomic mass is 9.99. The minimum atomic E-state index is 0.200. The first kappa shape index (κ1) is 12.2. The van der Waals surface area contributed by atoms with Crippen LogP contribution < -0.4 is 5.32 Å². The van der Waals surface area contributed by atoms with Crippen molar-refractivity contribution in [3.8, 4) is 0 Å². The van der Waals surface area contributed by atoms with Crippen LogP contribution in [-0.2, 0) is 4.79 Å². The number of amides is 1. The Bertz CT molecular complexity index is 238. The molecule has 1 unspecified atom stereocenters. The molecule has 86 valence electrons. The maximum Gasteiger partial charge on any atom is 0.225 e. The molecule has 0 aromatic rings. The lowest BCUT2D eigenvalue weighted by Crippen LogP contribution is -2.41. The molecule has 1 aliphatic heterocycles. The molecular weight excluding hydrogens is 188 g/mol. The summed E-state index contributed by atoms with van der Waals surface area (Å²) >= 11 is 0. The van der Waals surface area contributed by atoms with Gasteiger partial charge >= 0.3 is 0 Å². The normalized spacial score (nSPS) is 21.9. The van der Waals surface area contributed by atoms with E-state index < -0.39 is 0 Å². The van der Waals surface area contributed by atoms with Gasteiger partial charge in [-0.1, -0.05) is 20.4 Å². The molecule has 15 heavy (non-hydrogen) atoms. The van der Waals surface area contributed by atoms with Gasteiger partial charge in [0.25, 0.3) is 0 Å². The summed E-state index contributed by atoms with van der Waals surface area (Å²) in [6, 6.07) is 0. The second-order valence-electron chi connectivity index (χ2n) is 4.33. The molecule has 1 amide bonds. The van der Waals surface area contributed by atoms with Gasteiger partial charge in [0, 0.05) is 25.6 Å². The largest absolute Gasteiger partial charge is 0.338 e. The van der Waals surface area contributed by atoms with Crippen LogP contribution >= 0.6 is 0 Å². The van der Waals surface area contributed by atoms with Crippen molar-refractivity contribution in [1.82, 2.24) is 10.2 Å². The lowest BCUT2D eigenvalue weighted by Gasteiger charge is -2.31. The molecule has 0 radical (unpaired) electrons. The van der Waals surface area contributed by atoms with Crippen LogP contribution in [0.4, 0.5) is 0 Å². The molecule has 1 atom stereocenters. The van der Waals surface area contributed by atoms with E-state index in [0.29, 0.717) is 5.91 Å². The minimum absolute atomic E-state index is 0.200. The van der Waals surface area contributed by atoms with E-state index in [4.69, 9.17) is 0 Å². The first-order valence-corrected chi connectivity index (χ1v) is 5.81. The van der Waals surface area contributed by atoms with E-state index in [9.17, 15) is 4.79 Å². The number of likely N-dealkylation sites (N-methyl/N-ethyl adjacent to an activating group) is 1. The highest BCUT2D eigenvalue weighted by Gasteiger charge is 2.24. The van der Waals surface area contributed by atoms with Gasteiger partial charge in [-0.05, 0) is 25.0 Å². The summed E-state index contributed by atoms with van der Waals surface area (Å²) < 4.78 is 0. The van der Waals surface area contributed by atoms with Gasteiger partial charge < -0.3 is 10.2 Å². The molecule has 0 spiro atoms. The molecule has 0 bridgehead atoms. The van der Waals surface area contributed by atoms with Crippen molar-refractivity contribution in [2.24, 2.45) is 5.92 Å². The van der Waals surface area contributed by atoms with Gasteiger partial charge in [-0.25, -0.2) is 0 Å². The summed E-state index contributed by atoms with van der Waals surface area (Å²) in [5, 5.41) is 3.23. The molecule has 3 nitrogen and oxygen atoms in total. The van der Waals surface area contributed by atoms with Crippen molar-refractivity contribution in [2.45, 2.75) is 26.7 Å². The first-order chi connectivity index (χ1) is 7.15. The molecule has 1 N–H and O–H groups in total. The molecule has 0 saturated carbocycles. The summed E-state index contributed by atoms with van der Waals surface area (Å²) in [7, 11) is 0. The number of carbonyl (C=O) groups excluding carboxylic acids is 1. The number of piperidine rings is 1.